The zero-order valence-corrected chi connectivity index (χ0v) is 27.8. The Morgan fingerprint density at radius 2 is 1.65 bits per heavy atom. The lowest BCUT2D eigenvalue weighted by Gasteiger charge is -2.40. The summed E-state index contributed by atoms with van der Waals surface area (Å²) in [5, 5.41) is 4.68. The van der Waals surface area contributed by atoms with Crippen molar-refractivity contribution in [2.75, 3.05) is 54.6 Å². The minimum absolute atomic E-state index is 0.294. The average Bonchev–Trinajstić information content (AvgIpc) is 3.39. The number of nitrogens with one attached hydrogen (secondary N) is 1. The van der Waals surface area contributed by atoms with Crippen LogP contribution in [-0.2, 0) is 27.4 Å². The predicted octanol–water partition coefficient (Wildman–Crippen LogP) is 7.67. The summed E-state index contributed by atoms with van der Waals surface area (Å²) in [6.45, 7) is 4.13. The Morgan fingerprint density at radius 1 is 0.930 bits per heavy atom. The molecule has 0 radical (unpaired) electrons. The molecule has 5 rings (SSSR count). The maximum atomic E-state index is 6.50. The third kappa shape index (κ3) is 6.92. The normalized spacial score (nSPS) is 17.4. The maximum absolute atomic E-state index is 6.50. The van der Waals surface area contributed by atoms with E-state index in [9.17, 15) is 0 Å². The molecule has 1 spiro atoms. The van der Waals surface area contributed by atoms with Gasteiger partial charge in [0.25, 0.3) is 0 Å². The van der Waals surface area contributed by atoms with Crippen LogP contribution in [0.5, 0.6) is 17.2 Å². The summed E-state index contributed by atoms with van der Waals surface area (Å²) in [5.41, 5.74) is 4.64. The Kier molecular flexibility index (Phi) is 10.7. The topological polar surface area (TPSA) is 52.2 Å². The van der Waals surface area contributed by atoms with Crippen molar-refractivity contribution in [3.63, 3.8) is 0 Å². The lowest BCUT2D eigenvalue weighted by molar-refractivity contribution is 0.0515. The summed E-state index contributed by atoms with van der Waals surface area (Å²) in [6.07, 6.45) is 4.31. The van der Waals surface area contributed by atoms with Crippen molar-refractivity contribution < 1.29 is 18.9 Å². The number of fused-ring (bicyclic) bond motifs is 2. The summed E-state index contributed by atoms with van der Waals surface area (Å²) >= 11 is 14.9. The van der Waals surface area contributed by atoms with Gasteiger partial charge >= 0.3 is 0 Å². The number of likely N-dealkylation sites (N-methyl/N-ethyl adjacent to an activating group) is 1. The van der Waals surface area contributed by atoms with Crippen molar-refractivity contribution in [2.24, 2.45) is 0 Å². The van der Waals surface area contributed by atoms with E-state index in [1.54, 1.807) is 26.9 Å². The SMILES string of the molecule is CN[C@](CCCN1CCC2(CC1)SCc1ccccc12)(COCc1cc(OC)c(OC)c(OC)c1)c1ccc(Cl)c(Cl)c1. The molecule has 1 N–H and O–H groups in total. The summed E-state index contributed by atoms with van der Waals surface area (Å²) in [7, 11) is 6.83. The van der Waals surface area contributed by atoms with Gasteiger partial charge in [-0.25, -0.2) is 0 Å². The second-order valence-electron chi connectivity index (χ2n) is 11.4. The van der Waals surface area contributed by atoms with E-state index < -0.39 is 5.54 Å². The molecule has 0 saturated carbocycles. The smallest absolute Gasteiger partial charge is 0.203 e. The van der Waals surface area contributed by atoms with Gasteiger partial charge in [0.05, 0.1) is 50.1 Å². The highest BCUT2D eigenvalue weighted by Crippen LogP contribution is 2.53. The molecular formula is C34H42Cl2N2O4S. The van der Waals surface area contributed by atoms with Gasteiger partial charge in [0.2, 0.25) is 5.75 Å². The first-order valence-corrected chi connectivity index (χ1v) is 16.6. The van der Waals surface area contributed by atoms with Crippen LogP contribution >= 0.6 is 35.0 Å². The maximum Gasteiger partial charge on any atom is 0.203 e. The monoisotopic (exact) mass is 644 g/mol. The number of rotatable bonds is 13. The molecule has 1 saturated heterocycles. The zero-order chi connectivity index (χ0) is 30.5. The average molecular weight is 646 g/mol. The second-order valence-corrected chi connectivity index (χ2v) is 13.5. The number of hydrogen-bond acceptors (Lipinski definition) is 7. The van der Waals surface area contributed by atoms with Crippen LogP contribution in [0.2, 0.25) is 10.0 Å². The summed E-state index contributed by atoms with van der Waals surface area (Å²) in [4.78, 5) is 2.62. The molecule has 0 amide bonds. The van der Waals surface area contributed by atoms with E-state index in [4.69, 9.17) is 42.1 Å². The molecule has 43 heavy (non-hydrogen) atoms. The highest BCUT2D eigenvalue weighted by Gasteiger charge is 2.41. The minimum atomic E-state index is -0.438. The summed E-state index contributed by atoms with van der Waals surface area (Å²) in [5.74, 6) is 2.91. The van der Waals surface area contributed by atoms with Crippen molar-refractivity contribution >= 4 is 35.0 Å². The van der Waals surface area contributed by atoms with Crippen molar-refractivity contribution in [3.05, 3.63) is 86.9 Å². The molecule has 0 aromatic heterocycles. The molecular weight excluding hydrogens is 603 g/mol. The van der Waals surface area contributed by atoms with Gasteiger partial charge in [-0.1, -0.05) is 53.5 Å². The quantitative estimate of drug-likeness (QED) is 0.205. The van der Waals surface area contributed by atoms with Crippen LogP contribution in [0.25, 0.3) is 0 Å². The third-order valence-corrected chi connectivity index (χ3v) is 11.4. The molecule has 3 aromatic carbocycles. The standard InChI is InChI=1S/C34H42Cl2N2O4S/c1-37-33(26-10-11-28(35)29(36)20-26,23-42-21-24-18-30(39-2)32(41-4)31(19-24)40-3)12-7-15-38-16-13-34(14-17-38)27-9-6-5-8-25(27)22-43-34/h5-6,8-11,18-20,37H,7,12-17,21-23H2,1-4H3/t33-/m1/s1. The number of methoxy groups -OCH3 is 3. The van der Waals surface area contributed by atoms with Gasteiger partial charge < -0.3 is 29.2 Å². The van der Waals surface area contributed by atoms with Crippen molar-refractivity contribution in [1.82, 2.24) is 10.2 Å². The van der Waals surface area contributed by atoms with Gasteiger partial charge in [-0.05, 0) is 98.9 Å². The van der Waals surface area contributed by atoms with Gasteiger partial charge in [0.15, 0.2) is 11.5 Å². The zero-order valence-electron chi connectivity index (χ0n) is 25.5. The lowest BCUT2D eigenvalue weighted by Crippen LogP contribution is -2.45. The molecule has 1 fully saturated rings. The fourth-order valence-corrected chi connectivity index (χ4v) is 8.34. The van der Waals surface area contributed by atoms with Gasteiger partial charge in [0.1, 0.15) is 0 Å². The molecule has 1 atom stereocenters. The second kappa shape index (κ2) is 14.3. The number of ether oxygens (including phenoxy) is 4. The van der Waals surface area contributed by atoms with Gasteiger partial charge in [-0.2, -0.15) is 0 Å². The highest BCUT2D eigenvalue weighted by atomic mass is 35.5. The van der Waals surface area contributed by atoms with E-state index in [1.807, 2.05) is 37.4 Å². The van der Waals surface area contributed by atoms with Crippen LogP contribution in [0, 0.1) is 0 Å². The van der Waals surface area contributed by atoms with E-state index in [0.29, 0.717) is 45.3 Å². The number of nitrogens with zero attached hydrogens (tertiary/aromatic N) is 1. The number of hydrogen-bond donors (Lipinski definition) is 1. The first-order valence-electron chi connectivity index (χ1n) is 14.8. The van der Waals surface area contributed by atoms with E-state index in [2.05, 4.69) is 46.2 Å². The highest BCUT2D eigenvalue weighted by molar-refractivity contribution is 7.99. The Bertz CT molecular complexity index is 1370. The molecule has 2 aliphatic heterocycles. The van der Waals surface area contributed by atoms with Gasteiger partial charge in [-0.15, -0.1) is 11.8 Å². The number of halogens is 2. The molecule has 0 bridgehead atoms. The van der Waals surface area contributed by atoms with Crippen LogP contribution in [0.15, 0.2) is 54.6 Å². The number of piperidine rings is 1. The Balaban J connectivity index is 1.25. The Hall–Kier alpha value is -2.13. The third-order valence-electron chi connectivity index (χ3n) is 9.05. The summed E-state index contributed by atoms with van der Waals surface area (Å²) < 4.78 is 23.2. The fourth-order valence-electron chi connectivity index (χ4n) is 6.54. The van der Waals surface area contributed by atoms with E-state index in [0.717, 1.165) is 49.4 Å². The van der Waals surface area contributed by atoms with Crippen molar-refractivity contribution in [2.45, 2.75) is 48.3 Å². The van der Waals surface area contributed by atoms with Gasteiger partial charge in [-0.3, -0.25) is 0 Å². The van der Waals surface area contributed by atoms with E-state index in [1.165, 1.54) is 18.4 Å². The number of benzene rings is 3. The van der Waals surface area contributed by atoms with Crippen LogP contribution in [0.1, 0.15) is 47.9 Å². The first-order chi connectivity index (χ1) is 20.9. The number of thioether (sulfide) groups is 1. The molecule has 3 aromatic rings. The van der Waals surface area contributed by atoms with Gasteiger partial charge in [0, 0.05) is 10.5 Å². The minimum Gasteiger partial charge on any atom is -0.493 e. The van der Waals surface area contributed by atoms with Crippen molar-refractivity contribution in [1.29, 1.82) is 0 Å². The molecule has 232 valence electrons. The van der Waals surface area contributed by atoms with Crippen LogP contribution < -0.4 is 19.5 Å². The lowest BCUT2D eigenvalue weighted by atomic mass is 9.85. The summed E-state index contributed by atoms with van der Waals surface area (Å²) in [6, 6.07) is 18.7. The first kappa shape index (κ1) is 32.3. The van der Waals surface area contributed by atoms with Crippen LogP contribution in [0.3, 0.4) is 0 Å². The molecule has 0 aliphatic carbocycles. The van der Waals surface area contributed by atoms with Crippen LogP contribution in [-0.4, -0.2) is 59.5 Å². The number of likely N-dealkylation sites (tertiary alicyclic amines) is 1. The van der Waals surface area contributed by atoms with Crippen molar-refractivity contribution in [3.8, 4) is 17.2 Å². The fraction of sp³-hybridized carbons (Fsp3) is 0.471. The molecule has 9 heteroatoms. The molecule has 6 nitrogen and oxygen atoms in total. The molecule has 0 unspecified atom stereocenters. The Morgan fingerprint density at radius 3 is 2.30 bits per heavy atom. The largest absolute Gasteiger partial charge is 0.493 e. The Labute approximate surface area is 270 Å². The van der Waals surface area contributed by atoms with E-state index in [-0.39, 0.29) is 0 Å². The van der Waals surface area contributed by atoms with Crippen LogP contribution in [0.4, 0.5) is 0 Å². The predicted molar refractivity (Wildman–Crippen MR) is 177 cm³/mol. The molecule has 2 aliphatic rings. The molecule has 2 heterocycles. The van der Waals surface area contributed by atoms with E-state index >= 15 is 0 Å².